The molecule has 0 aliphatic carbocycles. The van der Waals surface area contributed by atoms with Crippen molar-refractivity contribution in [1.29, 1.82) is 0 Å². The summed E-state index contributed by atoms with van der Waals surface area (Å²) in [6.07, 6.45) is 7.41. The van der Waals surface area contributed by atoms with E-state index in [1.807, 2.05) is 52.0 Å². The van der Waals surface area contributed by atoms with E-state index in [4.69, 9.17) is 4.42 Å². The zero-order chi connectivity index (χ0) is 25.6. The molecule has 0 unspecified atom stereocenters. The van der Waals surface area contributed by atoms with E-state index in [9.17, 15) is 8.78 Å². The van der Waals surface area contributed by atoms with Crippen LogP contribution in [0.1, 0.15) is 30.2 Å². The molecular weight excluding hydrogens is 488 g/mol. The maximum absolute atomic E-state index is 14.2. The summed E-state index contributed by atoms with van der Waals surface area (Å²) in [4.78, 5) is 6.34. The molecule has 2 aromatic carbocycles. The number of fused-ring (bicyclic) bond motifs is 2. The zero-order valence-electron chi connectivity index (χ0n) is 20.3. The Morgan fingerprint density at radius 2 is 1.89 bits per heavy atom. The van der Waals surface area contributed by atoms with Gasteiger partial charge in [-0.2, -0.15) is 5.10 Å². The number of aromatic nitrogens is 6. The first-order valence-electron chi connectivity index (χ1n) is 12.5. The van der Waals surface area contributed by atoms with Crippen molar-refractivity contribution in [3.05, 3.63) is 90.2 Å². The lowest BCUT2D eigenvalue weighted by Crippen LogP contribution is -2.34. The number of likely N-dealkylation sites (tertiary alicyclic amines) is 1. The van der Waals surface area contributed by atoms with E-state index in [0.717, 1.165) is 52.8 Å². The predicted molar refractivity (Wildman–Crippen MR) is 137 cm³/mol. The minimum absolute atomic E-state index is 0.00467. The maximum Gasteiger partial charge on any atom is 0.247 e. The van der Waals surface area contributed by atoms with Crippen molar-refractivity contribution in [3.63, 3.8) is 0 Å². The highest BCUT2D eigenvalue weighted by Gasteiger charge is 2.27. The van der Waals surface area contributed by atoms with E-state index >= 15 is 0 Å². The second-order valence-electron chi connectivity index (χ2n) is 9.66. The van der Waals surface area contributed by atoms with Crippen LogP contribution in [0.25, 0.3) is 39.3 Å². The van der Waals surface area contributed by atoms with Gasteiger partial charge in [-0.05, 0) is 61.9 Å². The first kappa shape index (κ1) is 22.7. The minimum Gasteiger partial charge on any atom is -0.420 e. The van der Waals surface area contributed by atoms with Crippen molar-refractivity contribution in [2.75, 3.05) is 13.1 Å². The van der Waals surface area contributed by atoms with E-state index in [-0.39, 0.29) is 18.0 Å². The molecule has 10 heteroatoms. The number of hydrogen-bond donors (Lipinski definition) is 1. The van der Waals surface area contributed by atoms with Crippen LogP contribution in [-0.2, 0) is 6.54 Å². The largest absolute Gasteiger partial charge is 0.420 e. The summed E-state index contributed by atoms with van der Waals surface area (Å²) in [6, 6.07) is 13.8. The van der Waals surface area contributed by atoms with Gasteiger partial charge in [-0.15, -0.1) is 10.2 Å². The van der Waals surface area contributed by atoms with Crippen molar-refractivity contribution in [1.82, 2.24) is 34.7 Å². The number of rotatable bonds is 5. The fraction of sp³-hybridized carbons (Fsp3) is 0.214. The Morgan fingerprint density at radius 3 is 2.79 bits per heavy atom. The van der Waals surface area contributed by atoms with Gasteiger partial charge in [0.1, 0.15) is 23.0 Å². The highest BCUT2D eigenvalue weighted by atomic mass is 19.1. The van der Waals surface area contributed by atoms with Crippen molar-refractivity contribution in [3.8, 4) is 22.7 Å². The minimum atomic E-state index is -0.522. The highest BCUT2D eigenvalue weighted by molar-refractivity contribution is 5.95. The fourth-order valence-electron chi connectivity index (χ4n) is 5.25. The molecule has 0 saturated carbocycles. The SMILES string of the molecule is Fc1cccc(F)c1CN1CCC[C@@H](c2nnc(-c3ccc4[nH]nc(-c5ccc6nccn6c5)c4c3)o2)C1. The number of halogens is 2. The molecule has 38 heavy (non-hydrogen) atoms. The molecule has 0 amide bonds. The summed E-state index contributed by atoms with van der Waals surface area (Å²) in [5.74, 6) is -0.0829. The van der Waals surface area contributed by atoms with Gasteiger partial charge in [0.25, 0.3) is 0 Å². The Labute approximate surface area is 215 Å². The summed E-state index contributed by atoms with van der Waals surface area (Å²) in [7, 11) is 0. The van der Waals surface area contributed by atoms with E-state index in [2.05, 4.69) is 25.4 Å². The topological polar surface area (TPSA) is 88.1 Å². The number of nitrogens with zero attached hydrogens (tertiary/aromatic N) is 6. The molecule has 1 fully saturated rings. The van der Waals surface area contributed by atoms with Crippen LogP contribution in [0.4, 0.5) is 8.78 Å². The third-order valence-electron chi connectivity index (χ3n) is 7.21. The van der Waals surface area contributed by atoms with E-state index in [1.54, 1.807) is 6.20 Å². The second kappa shape index (κ2) is 9.14. The molecule has 6 aromatic rings. The van der Waals surface area contributed by atoms with Gasteiger partial charge < -0.3 is 8.82 Å². The van der Waals surface area contributed by atoms with Crippen molar-refractivity contribution in [2.24, 2.45) is 0 Å². The molecule has 1 atom stereocenters. The van der Waals surface area contributed by atoms with Crippen LogP contribution >= 0.6 is 0 Å². The van der Waals surface area contributed by atoms with Crippen LogP contribution in [0.15, 0.2) is 71.5 Å². The molecule has 190 valence electrons. The maximum atomic E-state index is 14.2. The van der Waals surface area contributed by atoms with Crippen LogP contribution in [-0.4, -0.2) is 47.8 Å². The Kier molecular flexibility index (Phi) is 5.47. The van der Waals surface area contributed by atoms with Crippen molar-refractivity contribution >= 4 is 16.6 Å². The van der Waals surface area contributed by atoms with Crippen LogP contribution in [0.2, 0.25) is 0 Å². The highest BCUT2D eigenvalue weighted by Crippen LogP contribution is 2.33. The second-order valence-corrected chi connectivity index (χ2v) is 9.66. The van der Waals surface area contributed by atoms with Crippen LogP contribution < -0.4 is 0 Å². The number of nitrogens with one attached hydrogen (secondary N) is 1. The summed E-state index contributed by atoms with van der Waals surface area (Å²) in [6.45, 7) is 1.56. The Bertz CT molecular complexity index is 1750. The molecule has 1 aliphatic heterocycles. The molecule has 1 saturated heterocycles. The Morgan fingerprint density at radius 1 is 1.03 bits per heavy atom. The van der Waals surface area contributed by atoms with E-state index < -0.39 is 11.6 Å². The van der Waals surface area contributed by atoms with Crippen molar-refractivity contribution < 1.29 is 13.2 Å². The number of H-pyrrole nitrogens is 1. The standard InChI is InChI=1S/C28H23F2N7O/c29-22-4-1-5-23(30)21(22)16-36-11-2-3-19(14-36)28-35-34-27(38-28)17-6-8-24-20(13-17)26(33-32-24)18-7-9-25-31-10-12-37(25)15-18/h1,4-10,12-13,15,19H,2-3,11,14,16H2,(H,32,33)/t19-/m1/s1. The molecule has 1 N–H and O–H groups in total. The molecule has 0 radical (unpaired) electrons. The molecular formula is C28H23F2N7O. The van der Waals surface area contributed by atoms with E-state index in [1.165, 1.54) is 18.2 Å². The number of piperidine rings is 1. The quantitative estimate of drug-likeness (QED) is 0.325. The monoisotopic (exact) mass is 511 g/mol. The third kappa shape index (κ3) is 4.03. The van der Waals surface area contributed by atoms with Crippen LogP contribution in [0, 0.1) is 11.6 Å². The Hall–Kier alpha value is -4.44. The van der Waals surface area contributed by atoms with Crippen LogP contribution in [0.3, 0.4) is 0 Å². The summed E-state index contributed by atoms with van der Waals surface area (Å²) >= 11 is 0. The summed E-state index contributed by atoms with van der Waals surface area (Å²) < 4.78 is 36.4. The number of pyridine rings is 1. The summed E-state index contributed by atoms with van der Waals surface area (Å²) in [5.41, 5.74) is 4.43. The van der Waals surface area contributed by atoms with Gasteiger partial charge in [0.2, 0.25) is 11.8 Å². The first-order chi connectivity index (χ1) is 18.6. The average molecular weight is 512 g/mol. The lowest BCUT2D eigenvalue weighted by atomic mass is 9.97. The van der Waals surface area contributed by atoms with Crippen molar-refractivity contribution in [2.45, 2.75) is 25.3 Å². The average Bonchev–Trinajstić information content (AvgIpc) is 3.70. The van der Waals surface area contributed by atoms with Gasteiger partial charge in [0, 0.05) is 53.8 Å². The van der Waals surface area contributed by atoms with Gasteiger partial charge in [0.15, 0.2) is 0 Å². The third-order valence-corrected chi connectivity index (χ3v) is 7.21. The molecule has 8 nitrogen and oxygen atoms in total. The van der Waals surface area contributed by atoms with Gasteiger partial charge in [0.05, 0.1) is 11.4 Å². The molecule has 1 aliphatic rings. The molecule has 0 bridgehead atoms. The number of aromatic amines is 1. The Balaban J connectivity index is 1.14. The molecule has 7 rings (SSSR count). The number of hydrogen-bond acceptors (Lipinski definition) is 6. The van der Waals surface area contributed by atoms with E-state index in [0.29, 0.717) is 18.3 Å². The molecule has 4 aromatic heterocycles. The number of imidazole rings is 1. The smallest absolute Gasteiger partial charge is 0.247 e. The molecule has 0 spiro atoms. The van der Waals surface area contributed by atoms with Gasteiger partial charge in [-0.1, -0.05) is 6.07 Å². The lowest BCUT2D eigenvalue weighted by molar-refractivity contribution is 0.182. The van der Waals surface area contributed by atoms with Crippen LogP contribution in [0.5, 0.6) is 0 Å². The van der Waals surface area contributed by atoms with Gasteiger partial charge in [-0.25, -0.2) is 13.8 Å². The summed E-state index contributed by atoms with van der Waals surface area (Å²) in [5, 5.41) is 17.3. The first-order valence-corrected chi connectivity index (χ1v) is 12.5. The normalized spacial score (nSPS) is 16.5. The zero-order valence-corrected chi connectivity index (χ0v) is 20.3. The lowest BCUT2D eigenvalue weighted by Gasteiger charge is -2.31. The van der Waals surface area contributed by atoms with Gasteiger partial charge in [-0.3, -0.25) is 10.00 Å². The molecule has 5 heterocycles. The predicted octanol–water partition coefficient (Wildman–Crippen LogP) is 5.59. The van der Waals surface area contributed by atoms with Gasteiger partial charge >= 0.3 is 0 Å². The fourth-order valence-corrected chi connectivity index (χ4v) is 5.25. The number of benzene rings is 2.